The fourth-order valence-electron chi connectivity index (χ4n) is 5.68. The third kappa shape index (κ3) is 5.65. The molecule has 0 aromatic rings. The first-order valence-electron chi connectivity index (χ1n) is 11.7. The first kappa shape index (κ1) is 25.0. The highest BCUT2D eigenvalue weighted by Gasteiger charge is 2.56. The summed E-state index contributed by atoms with van der Waals surface area (Å²) in [5.41, 5.74) is -1.10. The predicted octanol–water partition coefficient (Wildman–Crippen LogP) is 1.47. The molecule has 2 saturated heterocycles. The lowest BCUT2D eigenvalue weighted by atomic mass is 9.64. The van der Waals surface area contributed by atoms with Crippen LogP contribution in [-0.4, -0.2) is 78.0 Å². The molecule has 2 atom stereocenters. The summed E-state index contributed by atoms with van der Waals surface area (Å²) in [4.78, 5) is 64.6. The lowest BCUT2D eigenvalue weighted by molar-refractivity contribution is -0.156. The van der Waals surface area contributed by atoms with Crippen LogP contribution in [0.3, 0.4) is 0 Å². The molecule has 10 nitrogen and oxygen atoms in total. The van der Waals surface area contributed by atoms with Crippen molar-refractivity contribution in [3.8, 4) is 0 Å². The van der Waals surface area contributed by atoms with Crippen LogP contribution in [0.15, 0.2) is 0 Å². The second kappa shape index (κ2) is 9.69. The van der Waals surface area contributed by atoms with Crippen molar-refractivity contribution < 1.29 is 33.4 Å². The van der Waals surface area contributed by atoms with Crippen LogP contribution >= 0.6 is 0 Å². The Morgan fingerprint density at radius 1 is 1.09 bits per heavy atom. The van der Waals surface area contributed by atoms with Crippen molar-refractivity contribution in [1.29, 1.82) is 0 Å². The van der Waals surface area contributed by atoms with Gasteiger partial charge in [0.15, 0.2) is 6.61 Å². The molecule has 1 spiro atoms. The zero-order valence-corrected chi connectivity index (χ0v) is 20.0. The number of imide groups is 1. The number of ether oxygens (including phenoxy) is 2. The minimum atomic E-state index is -0.988. The van der Waals surface area contributed by atoms with E-state index >= 15 is 0 Å². The second-order valence-electron chi connectivity index (χ2n) is 10.3. The molecule has 184 valence electrons. The van der Waals surface area contributed by atoms with Gasteiger partial charge in [0, 0.05) is 13.1 Å². The van der Waals surface area contributed by atoms with Crippen LogP contribution in [0.2, 0.25) is 0 Å². The number of nitrogens with one attached hydrogen (secondary N) is 1. The molecule has 0 unspecified atom stereocenters. The van der Waals surface area contributed by atoms with Gasteiger partial charge in [-0.3, -0.25) is 24.1 Å². The molecule has 0 aromatic carbocycles. The Balaban J connectivity index is 1.48. The number of carbonyl (C=O) groups is 5. The number of piperidine rings is 1. The van der Waals surface area contributed by atoms with Crippen LogP contribution in [0, 0.1) is 17.3 Å². The summed E-state index contributed by atoms with van der Waals surface area (Å²) in [6, 6.07) is -0.603. The molecule has 33 heavy (non-hydrogen) atoms. The van der Waals surface area contributed by atoms with E-state index in [0.29, 0.717) is 45.4 Å². The average molecular weight is 466 g/mol. The third-order valence-corrected chi connectivity index (χ3v) is 6.74. The number of carbonyl (C=O) groups excluding carboxylic acids is 5. The zero-order chi connectivity index (χ0) is 24.4. The van der Waals surface area contributed by atoms with Crippen LogP contribution in [0.25, 0.3) is 0 Å². The van der Waals surface area contributed by atoms with Crippen molar-refractivity contribution in [1.82, 2.24) is 15.1 Å². The van der Waals surface area contributed by atoms with Crippen molar-refractivity contribution in [2.75, 3.05) is 32.8 Å². The molecule has 0 aromatic heterocycles. The van der Waals surface area contributed by atoms with Gasteiger partial charge >= 0.3 is 18.0 Å². The Labute approximate surface area is 194 Å². The summed E-state index contributed by atoms with van der Waals surface area (Å²) in [6.07, 6.45) is 3.00. The Morgan fingerprint density at radius 2 is 1.76 bits per heavy atom. The second-order valence-corrected chi connectivity index (χ2v) is 10.3. The topological polar surface area (TPSA) is 122 Å². The molecule has 2 heterocycles. The van der Waals surface area contributed by atoms with Crippen LogP contribution in [0.1, 0.15) is 59.8 Å². The Morgan fingerprint density at radius 3 is 2.36 bits per heavy atom. The van der Waals surface area contributed by atoms with Gasteiger partial charge in [-0.25, -0.2) is 4.79 Å². The summed E-state index contributed by atoms with van der Waals surface area (Å²) in [6.45, 7) is 8.03. The molecule has 3 aliphatic rings. The van der Waals surface area contributed by atoms with E-state index in [9.17, 15) is 24.0 Å². The first-order chi connectivity index (χ1) is 15.5. The van der Waals surface area contributed by atoms with Gasteiger partial charge in [-0.2, -0.15) is 0 Å². The number of likely N-dealkylation sites (tertiary alicyclic amines) is 1. The van der Waals surface area contributed by atoms with Gasteiger partial charge in [-0.1, -0.05) is 20.8 Å². The van der Waals surface area contributed by atoms with Gasteiger partial charge < -0.3 is 19.7 Å². The van der Waals surface area contributed by atoms with E-state index in [-0.39, 0.29) is 29.1 Å². The number of amides is 4. The van der Waals surface area contributed by atoms with Crippen LogP contribution < -0.4 is 5.32 Å². The summed E-state index contributed by atoms with van der Waals surface area (Å²) >= 11 is 0. The summed E-state index contributed by atoms with van der Waals surface area (Å²) in [7, 11) is 0. The quantitative estimate of drug-likeness (QED) is 0.465. The van der Waals surface area contributed by atoms with Crippen molar-refractivity contribution in [2.24, 2.45) is 17.3 Å². The average Bonchev–Trinajstić information content (AvgIpc) is 2.94. The summed E-state index contributed by atoms with van der Waals surface area (Å²) in [5.74, 6) is -1.81. The maximum atomic E-state index is 13.1. The molecule has 2 aliphatic heterocycles. The van der Waals surface area contributed by atoms with Crippen LogP contribution in [0.4, 0.5) is 4.79 Å². The predicted molar refractivity (Wildman–Crippen MR) is 117 cm³/mol. The van der Waals surface area contributed by atoms with Crippen LogP contribution in [0.5, 0.6) is 0 Å². The smallest absolute Gasteiger partial charge is 0.326 e. The van der Waals surface area contributed by atoms with E-state index in [2.05, 4.69) is 26.1 Å². The van der Waals surface area contributed by atoms with Crippen molar-refractivity contribution in [3.05, 3.63) is 0 Å². The highest BCUT2D eigenvalue weighted by atomic mass is 16.5. The highest BCUT2D eigenvalue weighted by Crippen LogP contribution is 2.46. The molecule has 1 saturated carbocycles. The number of nitrogens with zero attached hydrogens (tertiary/aromatic N) is 2. The molecule has 3 fully saturated rings. The Kier molecular flexibility index (Phi) is 7.33. The van der Waals surface area contributed by atoms with Gasteiger partial charge in [0.2, 0.25) is 0 Å². The van der Waals surface area contributed by atoms with Crippen molar-refractivity contribution >= 4 is 29.8 Å². The Hall–Kier alpha value is -2.65. The maximum absolute atomic E-state index is 13.1. The molecular weight excluding hydrogens is 430 g/mol. The van der Waals surface area contributed by atoms with Gasteiger partial charge in [-0.05, 0) is 50.4 Å². The normalized spacial score (nSPS) is 27.5. The number of hydrogen-bond donors (Lipinski definition) is 1. The van der Waals surface area contributed by atoms with Gasteiger partial charge in [0.1, 0.15) is 12.1 Å². The minimum absolute atomic E-state index is 0.107. The van der Waals surface area contributed by atoms with E-state index < -0.39 is 36.6 Å². The monoisotopic (exact) mass is 465 g/mol. The van der Waals surface area contributed by atoms with E-state index in [0.717, 1.165) is 11.3 Å². The van der Waals surface area contributed by atoms with Crippen molar-refractivity contribution in [2.45, 2.75) is 65.3 Å². The summed E-state index contributed by atoms with van der Waals surface area (Å²) in [5, 5.41) is 2.82. The van der Waals surface area contributed by atoms with Crippen molar-refractivity contribution in [3.63, 3.8) is 0 Å². The highest BCUT2D eigenvalue weighted by molar-refractivity contribution is 6.08. The Bertz CT molecular complexity index is 819. The third-order valence-electron chi connectivity index (χ3n) is 6.74. The maximum Gasteiger partial charge on any atom is 0.326 e. The van der Waals surface area contributed by atoms with E-state index in [1.165, 1.54) is 4.90 Å². The molecule has 4 amide bonds. The largest absolute Gasteiger partial charge is 0.466 e. The van der Waals surface area contributed by atoms with E-state index in [1.54, 1.807) is 6.92 Å². The lowest BCUT2D eigenvalue weighted by Gasteiger charge is -2.43. The first-order valence-corrected chi connectivity index (χ1v) is 11.7. The van der Waals surface area contributed by atoms with Gasteiger partial charge in [-0.15, -0.1) is 0 Å². The lowest BCUT2D eigenvalue weighted by Crippen LogP contribution is -2.54. The molecule has 3 rings (SSSR count). The molecule has 0 bridgehead atoms. The number of rotatable bonds is 6. The SMILES string of the molecule is CCOC(=O)C1CCN(C(=O)COC(=O)CN2C(=O)N[C@@]3(C[C@H](C)CC(C)(C)C3)C2=O)CC1. The number of hydrogen-bond acceptors (Lipinski definition) is 7. The zero-order valence-electron chi connectivity index (χ0n) is 20.0. The summed E-state index contributed by atoms with van der Waals surface area (Å²) < 4.78 is 10.1. The standard InChI is InChI=1S/C23H35N3O7/c1-5-32-19(29)16-6-8-25(9-7-16)17(27)13-33-18(28)12-26-20(30)23(24-21(26)31)11-15(2)10-22(3,4)14-23/h15-16H,5-14H2,1-4H3,(H,24,31)/t15-,23-/m1/s1. The van der Waals surface area contributed by atoms with Gasteiger partial charge in [0.25, 0.3) is 11.8 Å². The fraction of sp³-hybridized carbons (Fsp3) is 0.783. The van der Waals surface area contributed by atoms with E-state index in [1.807, 2.05) is 0 Å². The van der Waals surface area contributed by atoms with Gasteiger partial charge in [0.05, 0.1) is 12.5 Å². The molecule has 1 N–H and O–H groups in total. The van der Waals surface area contributed by atoms with Crippen LogP contribution in [-0.2, 0) is 28.7 Å². The molecule has 10 heteroatoms. The molecule has 0 radical (unpaired) electrons. The number of urea groups is 1. The van der Waals surface area contributed by atoms with E-state index in [4.69, 9.17) is 9.47 Å². The fourth-order valence-corrected chi connectivity index (χ4v) is 5.68. The number of esters is 2. The molecule has 1 aliphatic carbocycles. The molecular formula is C23H35N3O7. The minimum Gasteiger partial charge on any atom is -0.466 e.